The second-order valence-corrected chi connectivity index (χ2v) is 6.72. The van der Waals surface area contributed by atoms with Gasteiger partial charge in [0.05, 0.1) is 37.7 Å². The lowest BCUT2D eigenvalue weighted by atomic mass is 10.0. The molecule has 0 spiro atoms. The molecule has 1 amide bonds. The zero-order valence-corrected chi connectivity index (χ0v) is 16.7. The maximum Gasteiger partial charge on any atom is 0.340 e. The summed E-state index contributed by atoms with van der Waals surface area (Å²) in [5, 5.41) is 13.1. The molecule has 0 saturated heterocycles. The van der Waals surface area contributed by atoms with Crippen LogP contribution in [0.5, 0.6) is 11.5 Å². The van der Waals surface area contributed by atoms with E-state index in [1.807, 2.05) is 0 Å². The Hall–Kier alpha value is -3.32. The molecule has 2 N–H and O–H groups in total. The number of aliphatic hydroxyl groups is 1. The number of carbonyl (C=O) groups excluding carboxylic acids is 1. The summed E-state index contributed by atoms with van der Waals surface area (Å²) in [6.07, 6.45) is -0.802. The van der Waals surface area contributed by atoms with Crippen LogP contribution >= 0.6 is 0 Å². The molecule has 0 aliphatic carbocycles. The van der Waals surface area contributed by atoms with Gasteiger partial charge in [0.25, 0.3) is 0 Å². The number of amides is 1. The molecule has 3 rings (SSSR count). The zero-order valence-electron chi connectivity index (χ0n) is 16.7. The molecule has 2 aromatic carbocycles. The van der Waals surface area contributed by atoms with Crippen molar-refractivity contribution in [2.45, 2.75) is 26.4 Å². The third-order valence-corrected chi connectivity index (χ3v) is 4.76. The third-order valence-electron chi connectivity index (χ3n) is 4.76. The number of aliphatic hydroxyl groups excluding tert-OH is 1. The second-order valence-electron chi connectivity index (χ2n) is 6.72. The van der Waals surface area contributed by atoms with Gasteiger partial charge in [0.15, 0.2) is 0 Å². The standard InChI is InChI=1S/C22H23NO6/c1-12-17(11-20(25)23-15-7-5-6-14(8-15)13(2)24)22(26)29-19-10-16(27-3)9-18(28-4)21(12)19/h5-10,13,24H,11H2,1-4H3,(H,23,25)/t13-/m0/s1. The van der Waals surface area contributed by atoms with E-state index in [4.69, 9.17) is 13.9 Å². The molecule has 1 aromatic heterocycles. The minimum absolute atomic E-state index is 0.155. The molecule has 0 saturated carbocycles. The normalized spacial score (nSPS) is 11.9. The topological polar surface area (TPSA) is 98.0 Å². The summed E-state index contributed by atoms with van der Waals surface area (Å²) in [6.45, 7) is 3.40. The number of anilines is 1. The summed E-state index contributed by atoms with van der Waals surface area (Å²) in [5.41, 5.74) is 1.84. The number of aryl methyl sites for hydroxylation is 1. The average molecular weight is 397 g/mol. The quantitative estimate of drug-likeness (QED) is 0.619. The Kier molecular flexibility index (Phi) is 5.89. The molecule has 0 aliphatic heterocycles. The number of carbonyl (C=O) groups is 1. The molecule has 1 heterocycles. The van der Waals surface area contributed by atoms with Gasteiger partial charge in [0.2, 0.25) is 5.91 Å². The molecule has 29 heavy (non-hydrogen) atoms. The van der Waals surface area contributed by atoms with Crippen molar-refractivity contribution in [3.8, 4) is 11.5 Å². The fourth-order valence-corrected chi connectivity index (χ4v) is 3.21. The van der Waals surface area contributed by atoms with Crippen LogP contribution in [0.1, 0.15) is 29.7 Å². The maximum atomic E-state index is 12.6. The molecule has 7 heteroatoms. The van der Waals surface area contributed by atoms with Crippen LogP contribution in [0.3, 0.4) is 0 Å². The van der Waals surface area contributed by atoms with Gasteiger partial charge in [-0.3, -0.25) is 4.79 Å². The number of nitrogens with one attached hydrogen (secondary N) is 1. The highest BCUT2D eigenvalue weighted by Crippen LogP contribution is 2.33. The van der Waals surface area contributed by atoms with E-state index in [0.717, 1.165) is 0 Å². The Morgan fingerprint density at radius 1 is 1.21 bits per heavy atom. The number of methoxy groups -OCH3 is 2. The van der Waals surface area contributed by atoms with Crippen LogP contribution in [0.25, 0.3) is 11.0 Å². The molecular weight excluding hydrogens is 374 g/mol. The van der Waals surface area contributed by atoms with E-state index < -0.39 is 11.7 Å². The van der Waals surface area contributed by atoms with Gasteiger partial charge < -0.3 is 24.3 Å². The van der Waals surface area contributed by atoms with E-state index in [-0.39, 0.29) is 17.9 Å². The average Bonchev–Trinajstić information content (AvgIpc) is 2.70. The van der Waals surface area contributed by atoms with Crippen LogP contribution in [-0.4, -0.2) is 25.2 Å². The Balaban J connectivity index is 1.94. The van der Waals surface area contributed by atoms with Gasteiger partial charge in [0.1, 0.15) is 17.1 Å². The van der Waals surface area contributed by atoms with Gasteiger partial charge in [-0.05, 0) is 37.1 Å². The number of fused-ring (bicyclic) bond motifs is 1. The van der Waals surface area contributed by atoms with Crippen molar-refractivity contribution in [3.05, 3.63) is 63.5 Å². The summed E-state index contributed by atoms with van der Waals surface area (Å²) in [4.78, 5) is 25.1. The fourth-order valence-electron chi connectivity index (χ4n) is 3.21. The van der Waals surface area contributed by atoms with Crippen molar-refractivity contribution in [2.75, 3.05) is 19.5 Å². The number of hydrogen-bond donors (Lipinski definition) is 2. The number of rotatable bonds is 6. The summed E-state index contributed by atoms with van der Waals surface area (Å²) in [7, 11) is 3.02. The van der Waals surface area contributed by atoms with Crippen LogP contribution in [0, 0.1) is 6.92 Å². The van der Waals surface area contributed by atoms with E-state index in [0.29, 0.717) is 39.3 Å². The van der Waals surface area contributed by atoms with Gasteiger partial charge in [-0.15, -0.1) is 0 Å². The smallest absolute Gasteiger partial charge is 0.340 e. The van der Waals surface area contributed by atoms with E-state index in [9.17, 15) is 14.7 Å². The Morgan fingerprint density at radius 3 is 2.62 bits per heavy atom. The predicted octanol–water partition coefficient (Wildman–Crippen LogP) is 3.35. The Labute approximate surface area is 167 Å². The number of ether oxygens (including phenoxy) is 2. The molecule has 152 valence electrons. The largest absolute Gasteiger partial charge is 0.496 e. The van der Waals surface area contributed by atoms with Gasteiger partial charge in [-0.25, -0.2) is 4.79 Å². The minimum Gasteiger partial charge on any atom is -0.496 e. The van der Waals surface area contributed by atoms with E-state index in [1.165, 1.54) is 14.2 Å². The minimum atomic E-state index is -0.647. The SMILES string of the molecule is COc1cc(OC)c2c(C)c(CC(=O)Nc3cccc([C@H](C)O)c3)c(=O)oc2c1. The van der Waals surface area contributed by atoms with E-state index >= 15 is 0 Å². The molecule has 0 unspecified atom stereocenters. The first kappa shape index (κ1) is 20.4. The first-order valence-electron chi connectivity index (χ1n) is 9.10. The summed E-state index contributed by atoms with van der Waals surface area (Å²) in [5.74, 6) is 0.627. The molecule has 7 nitrogen and oxygen atoms in total. The van der Waals surface area contributed by atoms with Crippen LogP contribution in [0.4, 0.5) is 5.69 Å². The van der Waals surface area contributed by atoms with Crippen LogP contribution in [0.2, 0.25) is 0 Å². The molecule has 3 aromatic rings. The lowest BCUT2D eigenvalue weighted by Gasteiger charge is -2.13. The van der Waals surface area contributed by atoms with E-state index in [2.05, 4.69) is 5.32 Å². The summed E-state index contributed by atoms with van der Waals surface area (Å²) < 4.78 is 16.1. The highest BCUT2D eigenvalue weighted by Gasteiger charge is 2.19. The predicted molar refractivity (Wildman–Crippen MR) is 110 cm³/mol. The monoisotopic (exact) mass is 397 g/mol. The number of benzene rings is 2. The molecule has 1 atom stereocenters. The van der Waals surface area contributed by atoms with Crippen molar-refractivity contribution >= 4 is 22.6 Å². The van der Waals surface area contributed by atoms with Crippen molar-refractivity contribution in [2.24, 2.45) is 0 Å². The van der Waals surface area contributed by atoms with Crippen LogP contribution in [-0.2, 0) is 11.2 Å². The molecule has 0 fully saturated rings. The van der Waals surface area contributed by atoms with E-state index in [1.54, 1.807) is 50.2 Å². The van der Waals surface area contributed by atoms with Crippen LogP contribution < -0.4 is 20.4 Å². The lowest BCUT2D eigenvalue weighted by Crippen LogP contribution is -2.21. The second kappa shape index (κ2) is 8.36. The Morgan fingerprint density at radius 2 is 1.97 bits per heavy atom. The van der Waals surface area contributed by atoms with Gasteiger partial charge in [0, 0.05) is 17.8 Å². The molecule has 0 radical (unpaired) electrons. The highest BCUT2D eigenvalue weighted by molar-refractivity contribution is 5.94. The first-order valence-corrected chi connectivity index (χ1v) is 9.10. The summed E-state index contributed by atoms with van der Waals surface area (Å²) >= 11 is 0. The lowest BCUT2D eigenvalue weighted by molar-refractivity contribution is -0.115. The highest BCUT2D eigenvalue weighted by atomic mass is 16.5. The third kappa shape index (κ3) is 4.25. The van der Waals surface area contributed by atoms with Gasteiger partial charge in [-0.2, -0.15) is 0 Å². The van der Waals surface area contributed by atoms with Crippen molar-refractivity contribution in [1.82, 2.24) is 0 Å². The van der Waals surface area contributed by atoms with Crippen molar-refractivity contribution < 1.29 is 23.8 Å². The van der Waals surface area contributed by atoms with Gasteiger partial charge in [-0.1, -0.05) is 12.1 Å². The molecule has 0 bridgehead atoms. The fraction of sp³-hybridized carbons (Fsp3) is 0.273. The van der Waals surface area contributed by atoms with Crippen molar-refractivity contribution in [3.63, 3.8) is 0 Å². The summed E-state index contributed by atoms with van der Waals surface area (Å²) in [6, 6.07) is 10.2. The van der Waals surface area contributed by atoms with Crippen molar-refractivity contribution in [1.29, 1.82) is 0 Å². The van der Waals surface area contributed by atoms with Gasteiger partial charge >= 0.3 is 5.63 Å². The maximum absolute atomic E-state index is 12.6. The molecular formula is C22H23NO6. The number of hydrogen-bond acceptors (Lipinski definition) is 6. The zero-order chi connectivity index (χ0) is 21.1. The first-order chi connectivity index (χ1) is 13.8. The van der Waals surface area contributed by atoms with Crippen LogP contribution in [0.15, 0.2) is 45.6 Å². The molecule has 0 aliphatic rings. The Bertz CT molecular complexity index is 1120.